The molecule has 3 aromatic rings. The first-order valence-electron chi connectivity index (χ1n) is 18.6. The third-order valence-electron chi connectivity index (χ3n) is 10.7. The molecule has 0 bridgehead atoms. The van der Waals surface area contributed by atoms with Gasteiger partial charge in [-0.2, -0.15) is 5.10 Å². The van der Waals surface area contributed by atoms with Gasteiger partial charge in [0.2, 0.25) is 5.91 Å². The molecular weight excluding hydrogens is 646 g/mol. The van der Waals surface area contributed by atoms with Crippen LogP contribution in [0.4, 0.5) is 11.5 Å². The smallest absolute Gasteiger partial charge is 0.306 e. The molecule has 2 N–H and O–H groups in total. The Labute approximate surface area is 301 Å². The van der Waals surface area contributed by atoms with Gasteiger partial charge in [-0.15, -0.1) is 0 Å². The third kappa shape index (κ3) is 9.46. The highest BCUT2D eigenvalue weighted by molar-refractivity contribution is 5.77. The Bertz CT molecular complexity index is 1700. The molecule has 2 atom stereocenters. The number of pyridine rings is 1. The Morgan fingerprint density at radius 1 is 1.02 bits per heavy atom. The maximum Gasteiger partial charge on any atom is 0.306 e. The molecule has 3 aliphatic heterocycles. The first kappa shape index (κ1) is 36.3. The van der Waals surface area contributed by atoms with Gasteiger partial charge in [-0.25, -0.2) is 9.67 Å². The van der Waals surface area contributed by atoms with Gasteiger partial charge in [-0.3, -0.25) is 14.4 Å². The van der Waals surface area contributed by atoms with Crippen LogP contribution in [0.25, 0.3) is 5.69 Å². The van der Waals surface area contributed by atoms with Gasteiger partial charge in [0, 0.05) is 81.6 Å². The van der Waals surface area contributed by atoms with E-state index in [4.69, 9.17) is 19.9 Å². The zero-order chi connectivity index (χ0) is 35.9. The number of hydrogen-bond donors (Lipinski definition) is 2. The van der Waals surface area contributed by atoms with Crippen LogP contribution in [0.15, 0.2) is 36.4 Å². The summed E-state index contributed by atoms with van der Waals surface area (Å²) in [6.07, 6.45) is 6.33. The maximum atomic E-state index is 12.9. The lowest BCUT2D eigenvalue weighted by atomic mass is 9.93. The van der Waals surface area contributed by atoms with E-state index in [2.05, 4.69) is 51.5 Å². The number of carboxylic acids is 1. The number of nitrogens with one attached hydrogen (secondary N) is 1. The van der Waals surface area contributed by atoms with Crippen molar-refractivity contribution in [1.82, 2.24) is 24.6 Å². The summed E-state index contributed by atoms with van der Waals surface area (Å²) in [5.41, 5.74) is 7.50. The number of fused-ring (bicyclic) bond motifs is 1. The van der Waals surface area contributed by atoms with Gasteiger partial charge in [-0.05, 0) is 106 Å². The fraction of sp³-hybridized carbons (Fsp3) is 0.564. The molecule has 51 heavy (non-hydrogen) atoms. The fourth-order valence-corrected chi connectivity index (χ4v) is 7.87. The van der Waals surface area contributed by atoms with Crippen molar-refractivity contribution in [3.8, 4) is 5.69 Å². The third-order valence-corrected chi connectivity index (χ3v) is 10.7. The van der Waals surface area contributed by atoms with Gasteiger partial charge < -0.3 is 29.9 Å². The lowest BCUT2D eigenvalue weighted by molar-refractivity contribution is -0.141. The predicted octanol–water partition coefficient (Wildman–Crippen LogP) is 4.75. The molecular formula is C39H53N7O5. The highest BCUT2D eigenvalue weighted by Gasteiger charge is 2.29. The van der Waals surface area contributed by atoms with Crippen molar-refractivity contribution in [3.05, 3.63) is 64.6 Å². The van der Waals surface area contributed by atoms with E-state index in [0.29, 0.717) is 38.5 Å². The van der Waals surface area contributed by atoms with E-state index in [1.54, 1.807) is 0 Å². The molecule has 12 heteroatoms. The van der Waals surface area contributed by atoms with Crippen LogP contribution in [-0.2, 0) is 32.0 Å². The number of carbonyl (C=O) groups excluding carboxylic acids is 2. The van der Waals surface area contributed by atoms with Gasteiger partial charge in [0.15, 0.2) is 0 Å². The van der Waals surface area contributed by atoms with Gasteiger partial charge >= 0.3 is 11.9 Å². The van der Waals surface area contributed by atoms with Crippen molar-refractivity contribution in [1.29, 1.82) is 0 Å². The Morgan fingerprint density at radius 2 is 1.82 bits per heavy atom. The van der Waals surface area contributed by atoms with Crippen LogP contribution in [0, 0.1) is 19.8 Å². The number of aliphatic carboxylic acids is 1. The van der Waals surface area contributed by atoms with Gasteiger partial charge in [0.05, 0.1) is 24.9 Å². The summed E-state index contributed by atoms with van der Waals surface area (Å²) in [7, 11) is 1.45. The number of rotatable bonds is 14. The average Bonchev–Trinajstić information content (AvgIpc) is 3.74. The molecule has 2 saturated heterocycles. The van der Waals surface area contributed by atoms with Crippen LogP contribution in [-0.4, -0.2) is 107 Å². The zero-order valence-electron chi connectivity index (χ0n) is 30.4. The number of hydrogen-bond acceptors (Lipinski definition) is 9. The van der Waals surface area contributed by atoms with Crippen molar-refractivity contribution < 1.29 is 24.2 Å². The van der Waals surface area contributed by atoms with Crippen molar-refractivity contribution >= 4 is 29.4 Å². The molecule has 12 nitrogen and oxygen atoms in total. The molecule has 0 spiro atoms. The highest BCUT2D eigenvalue weighted by Crippen LogP contribution is 2.33. The molecule has 0 radical (unpaired) electrons. The number of ether oxygens (including phenoxy) is 1. The number of nitrogens with zero attached hydrogens (tertiary/aromatic N) is 6. The number of piperazine rings is 1. The van der Waals surface area contributed by atoms with E-state index >= 15 is 0 Å². The molecule has 5 heterocycles. The molecule has 1 amide bonds. The van der Waals surface area contributed by atoms with Gasteiger partial charge in [0.25, 0.3) is 0 Å². The molecule has 6 rings (SSSR count). The summed E-state index contributed by atoms with van der Waals surface area (Å²) in [4.78, 5) is 48.1. The second-order valence-electron chi connectivity index (χ2n) is 14.5. The topological polar surface area (TPSA) is 133 Å². The maximum absolute atomic E-state index is 12.9. The molecule has 0 unspecified atom stereocenters. The van der Waals surface area contributed by atoms with Crippen molar-refractivity contribution in [2.24, 2.45) is 5.92 Å². The van der Waals surface area contributed by atoms with E-state index in [1.807, 2.05) is 23.4 Å². The van der Waals surface area contributed by atoms with Gasteiger partial charge in [-0.1, -0.05) is 6.07 Å². The predicted molar refractivity (Wildman–Crippen MR) is 197 cm³/mol. The number of methoxy groups -OCH3 is 1. The minimum absolute atomic E-state index is 0.00294. The Balaban J connectivity index is 1.17. The van der Waals surface area contributed by atoms with Crippen LogP contribution in [0.1, 0.15) is 79.1 Å². The number of aryl methyl sites for hydroxylation is 4. The first-order chi connectivity index (χ1) is 24.6. The summed E-state index contributed by atoms with van der Waals surface area (Å²) in [5.74, 6) is 0.466. The minimum atomic E-state index is -0.878. The number of likely N-dealkylation sites (tertiary alicyclic amines) is 1. The van der Waals surface area contributed by atoms with Crippen LogP contribution in [0.3, 0.4) is 0 Å². The van der Waals surface area contributed by atoms with Crippen LogP contribution < -0.4 is 10.2 Å². The molecule has 274 valence electrons. The number of carbonyl (C=O) groups is 3. The SMILES string of the molecule is COC(=O)C[C@H](CN1CC[C@@H](CCc2ccc3c(n2)NCCC3)C1)c1cc(N2CCN(C(=O)CCCC(=O)O)CC2)cc(-n2nc(C)cc2C)c1. The Morgan fingerprint density at radius 3 is 2.57 bits per heavy atom. The number of esters is 1. The summed E-state index contributed by atoms with van der Waals surface area (Å²) in [6, 6.07) is 13.0. The molecule has 2 fully saturated rings. The summed E-state index contributed by atoms with van der Waals surface area (Å²) in [5, 5.41) is 17.2. The van der Waals surface area contributed by atoms with E-state index < -0.39 is 5.97 Å². The number of aromatic nitrogens is 3. The van der Waals surface area contributed by atoms with Crippen molar-refractivity contribution in [3.63, 3.8) is 0 Å². The molecule has 2 aromatic heterocycles. The Hall–Kier alpha value is -4.45. The molecule has 1 aromatic carbocycles. The van der Waals surface area contributed by atoms with Crippen LogP contribution in [0.5, 0.6) is 0 Å². The Kier molecular flexibility index (Phi) is 11.9. The van der Waals surface area contributed by atoms with Gasteiger partial charge in [0.1, 0.15) is 5.82 Å². The second kappa shape index (κ2) is 16.7. The van der Waals surface area contributed by atoms with Crippen molar-refractivity contribution in [2.45, 2.75) is 77.6 Å². The lowest BCUT2D eigenvalue weighted by Gasteiger charge is -2.37. The standard InChI is InChI=1S/C39H53N7O5/c1-27-20-28(2)46(42-27)35-22-31(21-34(24-35)44-16-18-45(19-17-44)36(47)7-4-8-37(48)49)32(23-38(50)51-3)26-43-15-13-29(25-43)9-11-33-12-10-30-6-5-14-40-39(30)41-33/h10,12,20-22,24,29,32H,4-9,11,13-19,23,25-26H2,1-3H3,(H,40,41)(H,48,49)/t29-,32-/m1/s1. The first-order valence-corrected chi connectivity index (χ1v) is 18.6. The normalized spacial score (nSPS) is 18.3. The average molecular weight is 700 g/mol. The molecule has 0 saturated carbocycles. The monoisotopic (exact) mass is 699 g/mol. The number of anilines is 2. The summed E-state index contributed by atoms with van der Waals surface area (Å²) >= 11 is 0. The number of carboxylic acid groups (broad SMARTS) is 1. The number of benzene rings is 1. The lowest BCUT2D eigenvalue weighted by Crippen LogP contribution is -2.48. The summed E-state index contributed by atoms with van der Waals surface area (Å²) < 4.78 is 7.17. The fourth-order valence-electron chi connectivity index (χ4n) is 7.87. The summed E-state index contributed by atoms with van der Waals surface area (Å²) in [6.45, 7) is 10.2. The van der Waals surface area contributed by atoms with E-state index in [9.17, 15) is 14.4 Å². The number of amides is 1. The van der Waals surface area contributed by atoms with Crippen molar-refractivity contribution in [2.75, 3.05) is 69.7 Å². The second-order valence-corrected chi connectivity index (χ2v) is 14.5. The minimum Gasteiger partial charge on any atom is -0.481 e. The molecule has 3 aliphatic rings. The highest BCUT2D eigenvalue weighted by atomic mass is 16.5. The van der Waals surface area contributed by atoms with E-state index in [1.165, 1.54) is 12.7 Å². The van der Waals surface area contributed by atoms with E-state index in [-0.39, 0.29) is 37.1 Å². The quantitative estimate of drug-likeness (QED) is 0.227. The largest absolute Gasteiger partial charge is 0.481 e. The van der Waals surface area contributed by atoms with Crippen LogP contribution >= 0.6 is 0 Å². The molecule has 0 aliphatic carbocycles. The van der Waals surface area contributed by atoms with E-state index in [0.717, 1.165) is 98.1 Å². The zero-order valence-corrected chi connectivity index (χ0v) is 30.4. The van der Waals surface area contributed by atoms with Crippen LogP contribution in [0.2, 0.25) is 0 Å².